The lowest BCUT2D eigenvalue weighted by atomic mass is 10.0. The molecule has 0 saturated carbocycles. The fraction of sp³-hybridized carbons (Fsp3) is 0.737. The van der Waals surface area contributed by atoms with Gasteiger partial charge in [-0.05, 0) is 50.2 Å². The van der Waals surface area contributed by atoms with E-state index in [0.29, 0.717) is 12.0 Å². The molecule has 0 radical (unpaired) electrons. The standard InChI is InChI=1S/C19H33N3O2/c1-16(2)15-22-19(21-12-10-18-9-6-14-24-18)20-11-5-8-17-7-3-4-13-23-17/h6,9,14,16-17H,3-5,7-8,10-13,15H2,1-2H3,(H2,20,21,22). The Kier molecular flexibility index (Phi) is 8.74. The number of hydrogen-bond donors (Lipinski definition) is 2. The molecule has 2 heterocycles. The summed E-state index contributed by atoms with van der Waals surface area (Å²) in [5.74, 6) is 2.46. The molecule has 1 atom stereocenters. The van der Waals surface area contributed by atoms with Crippen molar-refractivity contribution < 1.29 is 9.15 Å². The second kappa shape index (κ2) is 11.1. The Balaban J connectivity index is 1.66. The minimum atomic E-state index is 0.462. The van der Waals surface area contributed by atoms with Gasteiger partial charge in [0, 0.05) is 32.7 Å². The molecule has 0 spiro atoms. The number of nitrogens with zero attached hydrogens (tertiary/aromatic N) is 1. The summed E-state index contributed by atoms with van der Waals surface area (Å²) in [7, 11) is 0. The van der Waals surface area contributed by atoms with Crippen molar-refractivity contribution in [3.8, 4) is 0 Å². The summed E-state index contributed by atoms with van der Waals surface area (Å²) < 4.78 is 11.2. The first-order valence-corrected chi connectivity index (χ1v) is 9.40. The zero-order valence-corrected chi connectivity index (χ0v) is 15.2. The van der Waals surface area contributed by atoms with Gasteiger partial charge in [0.05, 0.1) is 12.4 Å². The molecule has 1 unspecified atom stereocenters. The average molecular weight is 335 g/mol. The summed E-state index contributed by atoms with van der Waals surface area (Å²) in [6.07, 6.45) is 9.05. The molecule has 0 aliphatic carbocycles. The van der Waals surface area contributed by atoms with Crippen molar-refractivity contribution in [3.63, 3.8) is 0 Å². The Morgan fingerprint density at radius 2 is 2.17 bits per heavy atom. The summed E-state index contributed by atoms with van der Waals surface area (Å²) in [5.41, 5.74) is 0. The summed E-state index contributed by atoms with van der Waals surface area (Å²) in [6, 6.07) is 3.93. The fourth-order valence-electron chi connectivity index (χ4n) is 2.78. The van der Waals surface area contributed by atoms with Crippen molar-refractivity contribution >= 4 is 5.96 Å². The van der Waals surface area contributed by atoms with Crippen LogP contribution < -0.4 is 10.6 Å². The van der Waals surface area contributed by atoms with Gasteiger partial charge in [-0.25, -0.2) is 0 Å². The first-order valence-electron chi connectivity index (χ1n) is 9.40. The Labute approximate surface area is 146 Å². The van der Waals surface area contributed by atoms with Crippen LogP contribution in [-0.2, 0) is 11.2 Å². The Bertz CT molecular complexity index is 451. The highest BCUT2D eigenvalue weighted by molar-refractivity contribution is 5.79. The number of guanidine groups is 1. The van der Waals surface area contributed by atoms with Crippen LogP contribution in [0.15, 0.2) is 27.8 Å². The molecule has 0 amide bonds. The van der Waals surface area contributed by atoms with Crippen LogP contribution in [0.5, 0.6) is 0 Å². The molecule has 2 rings (SSSR count). The Morgan fingerprint density at radius 3 is 2.88 bits per heavy atom. The molecule has 1 fully saturated rings. The van der Waals surface area contributed by atoms with Gasteiger partial charge in [-0.1, -0.05) is 13.8 Å². The quantitative estimate of drug-likeness (QED) is 0.413. The molecule has 136 valence electrons. The van der Waals surface area contributed by atoms with Crippen molar-refractivity contribution in [2.75, 3.05) is 26.2 Å². The highest BCUT2D eigenvalue weighted by Gasteiger charge is 2.13. The third-order valence-corrected chi connectivity index (χ3v) is 4.13. The van der Waals surface area contributed by atoms with Gasteiger partial charge in [-0.3, -0.25) is 4.99 Å². The lowest BCUT2D eigenvalue weighted by Gasteiger charge is -2.22. The Morgan fingerprint density at radius 1 is 1.29 bits per heavy atom. The van der Waals surface area contributed by atoms with Gasteiger partial charge in [0.25, 0.3) is 0 Å². The molecule has 0 bridgehead atoms. The number of aliphatic imine (C=N–C) groups is 1. The maximum absolute atomic E-state index is 5.79. The maximum atomic E-state index is 5.79. The molecule has 24 heavy (non-hydrogen) atoms. The first kappa shape index (κ1) is 18.8. The largest absolute Gasteiger partial charge is 0.469 e. The predicted octanol–water partition coefficient (Wildman–Crippen LogP) is 3.36. The van der Waals surface area contributed by atoms with Gasteiger partial charge >= 0.3 is 0 Å². The van der Waals surface area contributed by atoms with Crippen molar-refractivity contribution in [1.29, 1.82) is 0 Å². The van der Waals surface area contributed by atoms with Crippen LogP contribution >= 0.6 is 0 Å². The maximum Gasteiger partial charge on any atom is 0.191 e. The highest BCUT2D eigenvalue weighted by atomic mass is 16.5. The molecule has 1 aromatic heterocycles. The molecule has 1 aromatic rings. The minimum Gasteiger partial charge on any atom is -0.469 e. The zero-order valence-electron chi connectivity index (χ0n) is 15.2. The molecular weight excluding hydrogens is 302 g/mol. The van der Waals surface area contributed by atoms with Gasteiger partial charge < -0.3 is 19.8 Å². The van der Waals surface area contributed by atoms with Crippen molar-refractivity contribution in [3.05, 3.63) is 24.2 Å². The number of hydrogen-bond acceptors (Lipinski definition) is 3. The van der Waals surface area contributed by atoms with E-state index < -0.39 is 0 Å². The third kappa shape index (κ3) is 7.86. The topological polar surface area (TPSA) is 58.8 Å². The van der Waals surface area contributed by atoms with Gasteiger partial charge in [-0.15, -0.1) is 0 Å². The third-order valence-electron chi connectivity index (χ3n) is 4.13. The fourth-order valence-corrected chi connectivity index (χ4v) is 2.78. The van der Waals surface area contributed by atoms with Crippen LogP contribution in [-0.4, -0.2) is 38.3 Å². The molecule has 5 heteroatoms. The van der Waals surface area contributed by atoms with Crippen LogP contribution in [0.1, 0.15) is 51.7 Å². The summed E-state index contributed by atoms with van der Waals surface area (Å²) >= 11 is 0. The predicted molar refractivity (Wildman–Crippen MR) is 98.4 cm³/mol. The minimum absolute atomic E-state index is 0.462. The van der Waals surface area contributed by atoms with Crippen molar-refractivity contribution in [1.82, 2.24) is 10.6 Å². The summed E-state index contributed by atoms with van der Waals surface area (Å²) in [5, 5.41) is 6.85. The molecule has 0 aromatic carbocycles. The van der Waals surface area contributed by atoms with Crippen LogP contribution in [0, 0.1) is 5.92 Å². The van der Waals surface area contributed by atoms with Gasteiger partial charge in [0.2, 0.25) is 0 Å². The van der Waals surface area contributed by atoms with E-state index >= 15 is 0 Å². The van der Waals surface area contributed by atoms with Crippen molar-refractivity contribution in [2.45, 2.75) is 58.5 Å². The average Bonchev–Trinajstić information content (AvgIpc) is 3.10. The van der Waals surface area contributed by atoms with E-state index in [1.165, 1.54) is 19.3 Å². The van der Waals surface area contributed by atoms with E-state index in [-0.39, 0.29) is 0 Å². The SMILES string of the molecule is CC(C)CN=C(NCCCC1CCCCO1)NCCc1ccco1. The number of nitrogens with one attached hydrogen (secondary N) is 2. The van der Waals surface area contributed by atoms with Gasteiger partial charge in [0.15, 0.2) is 5.96 Å². The smallest absolute Gasteiger partial charge is 0.191 e. The second-order valence-corrected chi connectivity index (χ2v) is 6.90. The van der Waals surface area contributed by atoms with Crippen LogP contribution in [0.4, 0.5) is 0 Å². The van der Waals surface area contributed by atoms with E-state index in [1.807, 2.05) is 12.1 Å². The molecular formula is C19H33N3O2. The monoisotopic (exact) mass is 335 g/mol. The number of ether oxygens (including phenoxy) is 1. The number of furan rings is 1. The first-order chi connectivity index (χ1) is 11.7. The summed E-state index contributed by atoms with van der Waals surface area (Å²) in [4.78, 5) is 4.66. The highest BCUT2D eigenvalue weighted by Crippen LogP contribution is 2.16. The van der Waals surface area contributed by atoms with E-state index in [4.69, 9.17) is 9.15 Å². The normalized spacial score (nSPS) is 18.8. The van der Waals surface area contributed by atoms with E-state index in [2.05, 4.69) is 29.5 Å². The zero-order chi connectivity index (χ0) is 17.0. The second-order valence-electron chi connectivity index (χ2n) is 6.90. The lowest BCUT2D eigenvalue weighted by molar-refractivity contribution is 0.0104. The van der Waals surface area contributed by atoms with Crippen LogP contribution in [0.3, 0.4) is 0 Å². The van der Waals surface area contributed by atoms with Crippen LogP contribution in [0.25, 0.3) is 0 Å². The number of rotatable bonds is 9. The Hall–Kier alpha value is -1.49. The van der Waals surface area contributed by atoms with Crippen LogP contribution in [0.2, 0.25) is 0 Å². The van der Waals surface area contributed by atoms with Gasteiger partial charge in [-0.2, -0.15) is 0 Å². The van der Waals surface area contributed by atoms with E-state index in [9.17, 15) is 0 Å². The lowest BCUT2D eigenvalue weighted by Crippen LogP contribution is -2.39. The molecule has 2 N–H and O–H groups in total. The molecule has 1 aliphatic heterocycles. The molecule has 1 saturated heterocycles. The molecule has 1 aliphatic rings. The summed E-state index contributed by atoms with van der Waals surface area (Å²) in [6.45, 7) is 7.90. The van der Waals surface area contributed by atoms with E-state index in [1.54, 1.807) is 6.26 Å². The van der Waals surface area contributed by atoms with E-state index in [0.717, 1.165) is 57.2 Å². The molecule has 5 nitrogen and oxygen atoms in total. The van der Waals surface area contributed by atoms with Crippen molar-refractivity contribution in [2.24, 2.45) is 10.9 Å². The van der Waals surface area contributed by atoms with Gasteiger partial charge in [0.1, 0.15) is 5.76 Å².